The van der Waals surface area contributed by atoms with Crippen LogP contribution in [0.3, 0.4) is 0 Å². The highest BCUT2D eigenvalue weighted by molar-refractivity contribution is 5.99. The third-order valence-corrected chi connectivity index (χ3v) is 2.65. The Morgan fingerprint density at radius 1 is 1.17 bits per heavy atom. The van der Waals surface area contributed by atoms with E-state index in [9.17, 15) is 4.79 Å². The fraction of sp³-hybridized carbons (Fsp3) is 0.133. The van der Waals surface area contributed by atoms with Gasteiger partial charge in [0.15, 0.2) is 0 Å². The standard InChI is InChI=1S/C15H15NO2/c1-2-18-12-7-5-6-11(10-12)13-8-3-4-9-14(13)15(16)17/h3-10H,2H2,1H3,(H2,16,17). The number of benzene rings is 2. The van der Waals surface area contributed by atoms with Crippen LogP contribution in [0.2, 0.25) is 0 Å². The first-order valence-corrected chi connectivity index (χ1v) is 5.84. The van der Waals surface area contributed by atoms with Crippen molar-refractivity contribution in [1.29, 1.82) is 0 Å². The summed E-state index contributed by atoms with van der Waals surface area (Å²) in [6, 6.07) is 14.9. The molecule has 0 saturated carbocycles. The van der Waals surface area contributed by atoms with E-state index in [0.717, 1.165) is 16.9 Å². The Morgan fingerprint density at radius 3 is 2.67 bits per heavy atom. The van der Waals surface area contributed by atoms with E-state index >= 15 is 0 Å². The monoisotopic (exact) mass is 241 g/mol. The van der Waals surface area contributed by atoms with Gasteiger partial charge in [0.25, 0.3) is 0 Å². The molecule has 92 valence electrons. The van der Waals surface area contributed by atoms with Gasteiger partial charge in [-0.15, -0.1) is 0 Å². The summed E-state index contributed by atoms with van der Waals surface area (Å²) in [4.78, 5) is 11.4. The van der Waals surface area contributed by atoms with Crippen LogP contribution in [0.25, 0.3) is 11.1 Å². The SMILES string of the molecule is CCOc1cccc(-c2ccccc2C(N)=O)c1. The van der Waals surface area contributed by atoms with Crippen LogP contribution < -0.4 is 10.5 Å². The Hall–Kier alpha value is -2.29. The van der Waals surface area contributed by atoms with Crippen LogP contribution in [0.4, 0.5) is 0 Å². The maximum absolute atomic E-state index is 11.4. The molecule has 0 fully saturated rings. The molecular formula is C15H15NO2. The van der Waals surface area contributed by atoms with Crippen molar-refractivity contribution >= 4 is 5.91 Å². The van der Waals surface area contributed by atoms with Crippen LogP contribution >= 0.6 is 0 Å². The molecule has 0 heterocycles. The highest BCUT2D eigenvalue weighted by Crippen LogP contribution is 2.26. The number of ether oxygens (including phenoxy) is 1. The number of primary amides is 1. The topological polar surface area (TPSA) is 52.3 Å². The fourth-order valence-electron chi connectivity index (χ4n) is 1.87. The first-order chi connectivity index (χ1) is 8.72. The van der Waals surface area contributed by atoms with Gasteiger partial charge in [-0.1, -0.05) is 30.3 Å². The fourth-order valence-corrected chi connectivity index (χ4v) is 1.87. The van der Waals surface area contributed by atoms with Gasteiger partial charge in [0.1, 0.15) is 5.75 Å². The summed E-state index contributed by atoms with van der Waals surface area (Å²) >= 11 is 0. The maximum Gasteiger partial charge on any atom is 0.249 e. The second kappa shape index (κ2) is 5.36. The van der Waals surface area contributed by atoms with E-state index in [1.54, 1.807) is 12.1 Å². The van der Waals surface area contributed by atoms with E-state index in [2.05, 4.69) is 0 Å². The second-order valence-corrected chi connectivity index (χ2v) is 3.87. The van der Waals surface area contributed by atoms with Gasteiger partial charge in [0.2, 0.25) is 5.91 Å². The zero-order valence-electron chi connectivity index (χ0n) is 10.2. The number of rotatable bonds is 4. The Balaban J connectivity index is 2.48. The van der Waals surface area contributed by atoms with Gasteiger partial charge < -0.3 is 10.5 Å². The van der Waals surface area contributed by atoms with Crippen LogP contribution in [-0.4, -0.2) is 12.5 Å². The summed E-state index contributed by atoms with van der Waals surface area (Å²) in [6.45, 7) is 2.55. The summed E-state index contributed by atoms with van der Waals surface area (Å²) < 4.78 is 5.45. The minimum atomic E-state index is -0.424. The molecule has 0 aliphatic rings. The quantitative estimate of drug-likeness (QED) is 0.894. The van der Waals surface area contributed by atoms with E-state index < -0.39 is 5.91 Å². The highest BCUT2D eigenvalue weighted by Gasteiger charge is 2.09. The molecular weight excluding hydrogens is 226 g/mol. The molecule has 0 aliphatic carbocycles. The third-order valence-electron chi connectivity index (χ3n) is 2.65. The lowest BCUT2D eigenvalue weighted by atomic mass is 9.99. The van der Waals surface area contributed by atoms with E-state index in [0.29, 0.717) is 12.2 Å². The molecule has 0 bridgehead atoms. The van der Waals surface area contributed by atoms with E-state index in [1.807, 2.05) is 43.3 Å². The van der Waals surface area contributed by atoms with Crippen molar-refractivity contribution in [2.24, 2.45) is 5.73 Å². The van der Waals surface area contributed by atoms with E-state index in [4.69, 9.17) is 10.5 Å². The lowest BCUT2D eigenvalue weighted by Crippen LogP contribution is -2.12. The molecule has 3 heteroatoms. The molecule has 18 heavy (non-hydrogen) atoms. The van der Waals surface area contributed by atoms with Crippen molar-refractivity contribution in [3.63, 3.8) is 0 Å². The normalized spacial score (nSPS) is 10.1. The molecule has 0 atom stereocenters. The van der Waals surface area contributed by atoms with Crippen LogP contribution in [0.1, 0.15) is 17.3 Å². The number of hydrogen-bond acceptors (Lipinski definition) is 2. The molecule has 0 aromatic heterocycles. The van der Waals surface area contributed by atoms with Crippen molar-refractivity contribution < 1.29 is 9.53 Å². The summed E-state index contributed by atoms with van der Waals surface area (Å²) in [5.74, 6) is 0.363. The predicted octanol–water partition coefficient (Wildman–Crippen LogP) is 2.85. The molecule has 2 rings (SSSR count). The Labute approximate surface area is 106 Å². The third kappa shape index (κ3) is 2.51. The molecule has 1 amide bonds. The lowest BCUT2D eigenvalue weighted by molar-refractivity contribution is 0.100. The average molecular weight is 241 g/mol. The molecule has 0 aliphatic heterocycles. The summed E-state index contributed by atoms with van der Waals surface area (Å²) in [5, 5.41) is 0. The van der Waals surface area contributed by atoms with Gasteiger partial charge in [-0.05, 0) is 36.2 Å². The summed E-state index contributed by atoms with van der Waals surface area (Å²) in [5.41, 5.74) is 7.65. The Kier molecular flexibility index (Phi) is 3.63. The van der Waals surface area contributed by atoms with Crippen molar-refractivity contribution in [2.75, 3.05) is 6.61 Å². The van der Waals surface area contributed by atoms with Gasteiger partial charge in [-0.2, -0.15) is 0 Å². The van der Waals surface area contributed by atoms with Crippen LogP contribution in [0, 0.1) is 0 Å². The number of carbonyl (C=O) groups is 1. The van der Waals surface area contributed by atoms with Gasteiger partial charge in [0, 0.05) is 5.56 Å². The van der Waals surface area contributed by atoms with Crippen molar-refractivity contribution in [3.8, 4) is 16.9 Å². The summed E-state index contributed by atoms with van der Waals surface area (Å²) in [6.07, 6.45) is 0. The Morgan fingerprint density at radius 2 is 1.94 bits per heavy atom. The first kappa shape index (κ1) is 12.2. The van der Waals surface area contributed by atoms with Gasteiger partial charge in [-0.25, -0.2) is 0 Å². The highest BCUT2D eigenvalue weighted by atomic mass is 16.5. The average Bonchev–Trinajstić information content (AvgIpc) is 2.39. The first-order valence-electron chi connectivity index (χ1n) is 5.84. The smallest absolute Gasteiger partial charge is 0.249 e. The lowest BCUT2D eigenvalue weighted by Gasteiger charge is -2.09. The van der Waals surface area contributed by atoms with Crippen LogP contribution in [0.5, 0.6) is 5.75 Å². The van der Waals surface area contributed by atoms with E-state index in [1.165, 1.54) is 0 Å². The molecule has 2 aromatic carbocycles. The largest absolute Gasteiger partial charge is 0.494 e. The minimum Gasteiger partial charge on any atom is -0.494 e. The van der Waals surface area contributed by atoms with Gasteiger partial charge in [0.05, 0.1) is 6.61 Å². The van der Waals surface area contributed by atoms with Crippen molar-refractivity contribution in [3.05, 3.63) is 54.1 Å². The van der Waals surface area contributed by atoms with Crippen LogP contribution in [0.15, 0.2) is 48.5 Å². The molecule has 3 nitrogen and oxygen atoms in total. The molecule has 0 saturated heterocycles. The molecule has 0 spiro atoms. The van der Waals surface area contributed by atoms with Crippen LogP contribution in [-0.2, 0) is 0 Å². The number of hydrogen-bond donors (Lipinski definition) is 1. The van der Waals surface area contributed by atoms with Crippen molar-refractivity contribution in [2.45, 2.75) is 6.92 Å². The zero-order valence-corrected chi connectivity index (χ0v) is 10.2. The van der Waals surface area contributed by atoms with Gasteiger partial charge in [-0.3, -0.25) is 4.79 Å². The summed E-state index contributed by atoms with van der Waals surface area (Å²) in [7, 11) is 0. The van der Waals surface area contributed by atoms with Crippen molar-refractivity contribution in [1.82, 2.24) is 0 Å². The molecule has 2 N–H and O–H groups in total. The molecule has 2 aromatic rings. The van der Waals surface area contributed by atoms with E-state index in [-0.39, 0.29) is 0 Å². The zero-order chi connectivity index (χ0) is 13.0. The Bertz CT molecular complexity index is 564. The minimum absolute atomic E-state index is 0.424. The number of nitrogens with two attached hydrogens (primary N) is 1. The number of carbonyl (C=O) groups excluding carboxylic acids is 1. The number of amides is 1. The predicted molar refractivity (Wildman–Crippen MR) is 71.6 cm³/mol. The maximum atomic E-state index is 11.4. The second-order valence-electron chi connectivity index (χ2n) is 3.87. The molecule has 0 radical (unpaired) electrons. The molecule has 0 unspecified atom stereocenters. The van der Waals surface area contributed by atoms with Gasteiger partial charge >= 0.3 is 0 Å².